The number of carbonyl (C=O) groups is 2. The van der Waals surface area contributed by atoms with E-state index in [0.29, 0.717) is 11.5 Å². The maximum absolute atomic E-state index is 12.1. The van der Waals surface area contributed by atoms with Crippen molar-refractivity contribution in [3.63, 3.8) is 0 Å². The van der Waals surface area contributed by atoms with Gasteiger partial charge >= 0.3 is 6.03 Å². The third kappa shape index (κ3) is 4.81. The number of urea groups is 1. The van der Waals surface area contributed by atoms with E-state index in [4.69, 9.17) is 15.9 Å². The van der Waals surface area contributed by atoms with Gasteiger partial charge in [-0.3, -0.25) is 9.69 Å². The SMILES string of the molecule is C#CC[C@@H]1NC(=O)N(C[C@H](O)COc2ccc(Oc3ccccc3)cc2)C1=O. The summed E-state index contributed by atoms with van der Waals surface area (Å²) >= 11 is 0. The Balaban J connectivity index is 1.48. The zero-order valence-corrected chi connectivity index (χ0v) is 15.1. The standard InChI is InChI=1S/C21H20N2O5/c1-2-6-19-20(25)23(21(26)22-19)13-15(24)14-27-16-9-11-18(12-10-16)28-17-7-4-3-5-8-17/h1,3-5,7-12,15,19,24H,6,13-14H2,(H,22,26)/t15-,19-/m0/s1. The van der Waals surface area contributed by atoms with Gasteiger partial charge in [-0.2, -0.15) is 0 Å². The van der Waals surface area contributed by atoms with Gasteiger partial charge in [-0.1, -0.05) is 18.2 Å². The molecule has 2 aromatic rings. The predicted molar refractivity (Wildman–Crippen MR) is 102 cm³/mol. The zero-order valence-electron chi connectivity index (χ0n) is 15.1. The van der Waals surface area contributed by atoms with Crippen LogP contribution in [0, 0.1) is 12.3 Å². The number of ether oxygens (including phenoxy) is 2. The number of imide groups is 1. The number of rotatable bonds is 8. The topological polar surface area (TPSA) is 88.1 Å². The summed E-state index contributed by atoms with van der Waals surface area (Å²) in [4.78, 5) is 24.9. The number of aliphatic hydroxyl groups is 1. The van der Waals surface area contributed by atoms with Crippen molar-refractivity contribution in [1.29, 1.82) is 0 Å². The van der Waals surface area contributed by atoms with E-state index in [1.165, 1.54) is 0 Å². The van der Waals surface area contributed by atoms with Gasteiger partial charge in [0.1, 0.15) is 36.0 Å². The number of terminal acetylenes is 1. The predicted octanol–water partition coefficient (Wildman–Crippen LogP) is 2.16. The molecule has 2 aromatic carbocycles. The van der Waals surface area contributed by atoms with Gasteiger partial charge in [0.2, 0.25) is 0 Å². The molecule has 28 heavy (non-hydrogen) atoms. The molecule has 0 aliphatic carbocycles. The fourth-order valence-electron chi connectivity index (χ4n) is 2.69. The molecule has 1 fully saturated rings. The lowest BCUT2D eigenvalue weighted by Gasteiger charge is -2.18. The lowest BCUT2D eigenvalue weighted by atomic mass is 10.2. The molecule has 7 heteroatoms. The van der Waals surface area contributed by atoms with Crippen molar-refractivity contribution in [2.24, 2.45) is 0 Å². The van der Waals surface area contributed by atoms with Crippen LogP contribution in [0.2, 0.25) is 0 Å². The van der Waals surface area contributed by atoms with Crippen LogP contribution in [0.3, 0.4) is 0 Å². The molecular weight excluding hydrogens is 360 g/mol. The first kappa shape index (κ1) is 19.3. The van der Waals surface area contributed by atoms with Gasteiger partial charge in [0.05, 0.1) is 6.54 Å². The average Bonchev–Trinajstić information content (AvgIpc) is 2.96. The number of carbonyl (C=O) groups excluding carboxylic acids is 2. The van der Waals surface area contributed by atoms with Crippen LogP contribution in [0.25, 0.3) is 0 Å². The largest absolute Gasteiger partial charge is 0.491 e. The van der Waals surface area contributed by atoms with Gasteiger partial charge in [-0.15, -0.1) is 12.3 Å². The molecule has 1 saturated heterocycles. The molecule has 1 heterocycles. The number of aliphatic hydroxyl groups excluding tert-OH is 1. The lowest BCUT2D eigenvalue weighted by Crippen LogP contribution is -2.40. The number of nitrogens with one attached hydrogen (secondary N) is 1. The first-order valence-corrected chi connectivity index (χ1v) is 8.76. The second kappa shape index (κ2) is 8.93. The van der Waals surface area contributed by atoms with Crippen LogP contribution in [0.1, 0.15) is 6.42 Å². The van der Waals surface area contributed by atoms with Crippen LogP contribution >= 0.6 is 0 Å². The fraction of sp³-hybridized carbons (Fsp3) is 0.238. The average molecular weight is 380 g/mol. The molecule has 1 aliphatic heterocycles. The lowest BCUT2D eigenvalue weighted by molar-refractivity contribution is -0.128. The normalized spacial score (nSPS) is 17.0. The number of para-hydroxylation sites is 1. The Labute approximate surface area is 162 Å². The molecule has 144 valence electrons. The van der Waals surface area contributed by atoms with E-state index in [1.807, 2.05) is 30.3 Å². The second-order valence-corrected chi connectivity index (χ2v) is 6.21. The highest BCUT2D eigenvalue weighted by molar-refractivity contribution is 6.04. The van der Waals surface area contributed by atoms with Gasteiger partial charge in [-0.25, -0.2) is 4.79 Å². The van der Waals surface area contributed by atoms with Gasteiger partial charge in [0.25, 0.3) is 5.91 Å². The van der Waals surface area contributed by atoms with Gasteiger partial charge in [0.15, 0.2) is 0 Å². The highest BCUT2D eigenvalue weighted by Crippen LogP contribution is 2.23. The summed E-state index contributed by atoms with van der Waals surface area (Å²) < 4.78 is 11.2. The van der Waals surface area contributed by atoms with E-state index in [-0.39, 0.29) is 19.6 Å². The summed E-state index contributed by atoms with van der Waals surface area (Å²) in [5, 5.41) is 12.6. The monoisotopic (exact) mass is 380 g/mol. The van der Waals surface area contributed by atoms with E-state index in [1.54, 1.807) is 24.3 Å². The summed E-state index contributed by atoms with van der Waals surface area (Å²) in [5.74, 6) is 3.81. The highest BCUT2D eigenvalue weighted by atomic mass is 16.5. The minimum Gasteiger partial charge on any atom is -0.491 e. The molecule has 1 aliphatic rings. The van der Waals surface area contributed by atoms with Crippen molar-refractivity contribution in [2.45, 2.75) is 18.6 Å². The van der Waals surface area contributed by atoms with Crippen LogP contribution in [0.4, 0.5) is 4.79 Å². The minimum absolute atomic E-state index is 0.0737. The van der Waals surface area contributed by atoms with E-state index in [0.717, 1.165) is 10.6 Å². The third-order valence-corrected chi connectivity index (χ3v) is 4.07. The van der Waals surface area contributed by atoms with Gasteiger partial charge < -0.3 is 19.9 Å². The van der Waals surface area contributed by atoms with Crippen molar-refractivity contribution < 1.29 is 24.2 Å². The zero-order chi connectivity index (χ0) is 19.9. The molecule has 0 unspecified atom stereocenters. The highest BCUT2D eigenvalue weighted by Gasteiger charge is 2.38. The van der Waals surface area contributed by atoms with E-state index < -0.39 is 24.1 Å². The Morgan fingerprint density at radius 2 is 1.71 bits per heavy atom. The van der Waals surface area contributed by atoms with E-state index in [2.05, 4.69) is 11.2 Å². The number of benzene rings is 2. The first-order valence-electron chi connectivity index (χ1n) is 8.76. The molecule has 0 aromatic heterocycles. The summed E-state index contributed by atoms with van der Waals surface area (Å²) in [6.07, 6.45) is 4.27. The van der Waals surface area contributed by atoms with Crippen molar-refractivity contribution in [2.75, 3.05) is 13.2 Å². The summed E-state index contributed by atoms with van der Waals surface area (Å²) in [6.45, 7) is -0.239. The van der Waals surface area contributed by atoms with Crippen molar-refractivity contribution in [3.8, 4) is 29.6 Å². The Morgan fingerprint density at radius 1 is 1.07 bits per heavy atom. The maximum atomic E-state index is 12.1. The smallest absolute Gasteiger partial charge is 0.324 e. The van der Waals surface area contributed by atoms with E-state index >= 15 is 0 Å². The maximum Gasteiger partial charge on any atom is 0.324 e. The second-order valence-electron chi connectivity index (χ2n) is 6.21. The van der Waals surface area contributed by atoms with Gasteiger partial charge in [0, 0.05) is 6.42 Å². The molecule has 0 saturated carbocycles. The minimum atomic E-state index is -1.03. The molecule has 3 amide bonds. The van der Waals surface area contributed by atoms with Gasteiger partial charge in [-0.05, 0) is 36.4 Å². The molecule has 2 N–H and O–H groups in total. The molecule has 0 spiro atoms. The van der Waals surface area contributed by atoms with Crippen LogP contribution in [0.5, 0.6) is 17.2 Å². The quantitative estimate of drug-likeness (QED) is 0.541. The Morgan fingerprint density at radius 3 is 2.39 bits per heavy atom. The summed E-state index contributed by atoms with van der Waals surface area (Å²) in [6, 6.07) is 15.0. The molecular formula is C21H20N2O5. The number of hydrogen-bond donors (Lipinski definition) is 2. The number of β-amino-alcohol motifs (C(OH)–C–C–N with tert-alkyl or cyclic N) is 1. The van der Waals surface area contributed by atoms with E-state index in [9.17, 15) is 14.7 Å². The molecule has 0 radical (unpaired) electrons. The summed E-state index contributed by atoms with van der Waals surface area (Å²) in [7, 11) is 0. The Bertz CT molecular complexity index is 861. The van der Waals surface area contributed by atoms with Crippen molar-refractivity contribution in [1.82, 2.24) is 10.2 Å². The fourth-order valence-corrected chi connectivity index (χ4v) is 2.69. The summed E-state index contributed by atoms with van der Waals surface area (Å²) in [5.41, 5.74) is 0. The Hall–Kier alpha value is -3.50. The van der Waals surface area contributed by atoms with Crippen molar-refractivity contribution in [3.05, 3.63) is 54.6 Å². The Kier molecular flexibility index (Phi) is 6.14. The van der Waals surface area contributed by atoms with Crippen molar-refractivity contribution >= 4 is 11.9 Å². The number of hydrogen-bond acceptors (Lipinski definition) is 5. The molecule has 3 rings (SSSR count). The molecule has 0 bridgehead atoms. The number of nitrogens with zero attached hydrogens (tertiary/aromatic N) is 1. The number of amides is 3. The van der Waals surface area contributed by atoms with Crippen LogP contribution in [0.15, 0.2) is 54.6 Å². The van der Waals surface area contributed by atoms with Crippen LogP contribution in [-0.2, 0) is 4.79 Å². The molecule has 2 atom stereocenters. The van der Waals surface area contributed by atoms with Crippen LogP contribution < -0.4 is 14.8 Å². The van der Waals surface area contributed by atoms with Crippen LogP contribution in [-0.4, -0.2) is 47.2 Å². The third-order valence-electron chi connectivity index (χ3n) is 4.07. The first-order chi connectivity index (χ1) is 13.6. The molecule has 7 nitrogen and oxygen atoms in total.